The summed E-state index contributed by atoms with van der Waals surface area (Å²) in [6, 6.07) is 0. The quantitative estimate of drug-likeness (QED) is 0.0297. The largest absolute Gasteiger partial charge is 3.00 e. The van der Waals surface area contributed by atoms with Crippen molar-refractivity contribution in [1.82, 2.24) is 0 Å². The van der Waals surface area contributed by atoms with Crippen LogP contribution in [0.25, 0.3) is 0 Å². The molecule has 12 atom stereocenters. The first kappa shape index (κ1) is 99.1. The van der Waals surface area contributed by atoms with E-state index in [0.717, 1.165) is 0 Å². The number of aliphatic carboxylic acids is 12. The van der Waals surface area contributed by atoms with Gasteiger partial charge >= 0.3 is 68.3 Å². The van der Waals surface area contributed by atoms with Gasteiger partial charge in [0.15, 0.2) is 0 Å². The number of aliphatic hydroxyl groups excluding tert-OH is 15. The number of carbonyl (C=O) groups is 12. The molecule has 0 amide bonds. The standard InChI is InChI=1S/3C6H8O7.3C6H12O7.4Fe/c3*7-3(8)1-6(13,5(11)12)2-4(9)10;3*7-1-2(8)3(9)4(10)5(11)6(12)13;;;;/h3*13H,1-2H2,(H,7,8)(H,9,10)(H,11,12);3*2-5,7-11H,1H2,(H,12,13);;;;/q;;;;;;4*+3/p-12/t;;;3*2-,3-,4+,5-;;;;/m...111..../s1. The fourth-order valence-corrected chi connectivity index (χ4v) is 4.04. The molecule has 0 spiro atoms. The minimum absolute atomic E-state index is 0. The van der Waals surface area contributed by atoms with E-state index < -0.39 is 220 Å². The van der Waals surface area contributed by atoms with Gasteiger partial charge in [-0.2, -0.15) is 0 Å². The van der Waals surface area contributed by atoms with Gasteiger partial charge < -0.3 is 211 Å². The van der Waals surface area contributed by atoms with Gasteiger partial charge in [-0.3, -0.25) is 0 Å². The van der Waals surface area contributed by atoms with Crippen LogP contribution >= 0.6 is 0 Å². The molecule has 46 heteroatoms. The third kappa shape index (κ3) is 43.6. The second-order valence-corrected chi connectivity index (χ2v) is 14.7. The molecule has 0 aromatic rings. The fourth-order valence-electron chi connectivity index (χ4n) is 4.04. The molecule has 476 valence electrons. The van der Waals surface area contributed by atoms with Crippen LogP contribution < -0.4 is 61.3 Å². The first-order valence-electron chi connectivity index (χ1n) is 19.7. The van der Waals surface area contributed by atoms with Gasteiger partial charge in [0, 0.05) is 74.3 Å². The van der Waals surface area contributed by atoms with Crippen LogP contribution in [0.3, 0.4) is 0 Å². The fraction of sp³-hybridized carbons (Fsp3) is 0.667. The number of hydrogen-bond donors (Lipinski definition) is 18. The van der Waals surface area contributed by atoms with Crippen molar-refractivity contribution in [1.29, 1.82) is 0 Å². The molecule has 0 heterocycles. The Labute approximate surface area is 497 Å². The molecule has 0 fully saturated rings. The van der Waals surface area contributed by atoms with Crippen molar-refractivity contribution in [3.8, 4) is 0 Å². The zero-order valence-electron chi connectivity index (χ0n) is 40.1. The Morgan fingerprint density at radius 3 is 0.463 bits per heavy atom. The normalized spacial score (nSPS) is 14.9. The monoisotopic (exact) mass is 1380 g/mol. The molecule has 0 aliphatic rings. The molecular formula is C36H48Fe4O42. The van der Waals surface area contributed by atoms with Gasteiger partial charge in [0.1, 0.15) is 90.1 Å². The van der Waals surface area contributed by atoms with Crippen molar-refractivity contribution in [2.45, 2.75) is 129 Å². The molecule has 0 aromatic heterocycles. The van der Waals surface area contributed by atoms with Gasteiger partial charge in [-0.25, -0.2) is 0 Å². The Morgan fingerprint density at radius 1 is 0.268 bits per heavy atom. The van der Waals surface area contributed by atoms with Crippen LogP contribution in [0.1, 0.15) is 38.5 Å². The van der Waals surface area contributed by atoms with E-state index in [1.54, 1.807) is 0 Å². The van der Waals surface area contributed by atoms with Gasteiger partial charge in [0.25, 0.3) is 0 Å². The van der Waals surface area contributed by atoms with Crippen molar-refractivity contribution in [2.24, 2.45) is 0 Å². The summed E-state index contributed by atoms with van der Waals surface area (Å²) in [6.07, 6.45) is -32.4. The second kappa shape index (κ2) is 48.4. The predicted molar refractivity (Wildman–Crippen MR) is 196 cm³/mol. The molecule has 0 unspecified atom stereocenters. The van der Waals surface area contributed by atoms with Crippen molar-refractivity contribution in [3.05, 3.63) is 0 Å². The summed E-state index contributed by atoms with van der Waals surface area (Å²) < 4.78 is 0. The van der Waals surface area contributed by atoms with Crippen molar-refractivity contribution < 1.29 is 279 Å². The Morgan fingerprint density at radius 2 is 0.390 bits per heavy atom. The van der Waals surface area contributed by atoms with Crippen LogP contribution in [-0.2, 0) is 126 Å². The maximum atomic E-state index is 10.1. The number of rotatable bonds is 30. The van der Waals surface area contributed by atoms with E-state index in [0.29, 0.717) is 0 Å². The molecule has 0 bridgehead atoms. The average Bonchev–Trinajstić information content (AvgIpc) is 3.30. The van der Waals surface area contributed by atoms with Gasteiger partial charge in [-0.15, -0.1) is 0 Å². The topological polar surface area (TPSA) is 846 Å². The van der Waals surface area contributed by atoms with Crippen molar-refractivity contribution >= 4 is 71.6 Å². The van der Waals surface area contributed by atoms with Crippen LogP contribution in [0.2, 0.25) is 0 Å². The molecule has 82 heavy (non-hydrogen) atoms. The average molecular weight is 1380 g/mol. The number of hydrogen-bond acceptors (Lipinski definition) is 42. The molecule has 0 aliphatic carbocycles. The van der Waals surface area contributed by atoms with E-state index >= 15 is 0 Å². The minimum atomic E-state index is -2.97. The van der Waals surface area contributed by atoms with Crippen LogP contribution in [-0.4, -0.2) is 273 Å². The van der Waals surface area contributed by atoms with Crippen LogP contribution in [0.15, 0.2) is 0 Å². The van der Waals surface area contributed by atoms with E-state index in [1.807, 2.05) is 0 Å². The maximum Gasteiger partial charge on any atom is 3.00 e. The summed E-state index contributed by atoms with van der Waals surface area (Å²) in [5, 5.41) is 277. The van der Waals surface area contributed by atoms with E-state index in [-0.39, 0.29) is 68.3 Å². The summed E-state index contributed by atoms with van der Waals surface area (Å²) >= 11 is 0. The molecule has 0 saturated carbocycles. The van der Waals surface area contributed by atoms with Crippen molar-refractivity contribution in [3.63, 3.8) is 0 Å². The van der Waals surface area contributed by atoms with Gasteiger partial charge in [-0.1, -0.05) is 0 Å². The van der Waals surface area contributed by atoms with E-state index in [4.69, 9.17) is 91.9 Å². The summed E-state index contributed by atoms with van der Waals surface area (Å²) in [7, 11) is 0. The van der Waals surface area contributed by atoms with Crippen LogP contribution in [0.5, 0.6) is 0 Å². The molecule has 4 radical (unpaired) electrons. The Kier molecular flexibility index (Phi) is 58.5. The zero-order valence-corrected chi connectivity index (χ0v) is 44.5. The number of carboxylic acid groups (broad SMARTS) is 12. The molecule has 0 aromatic carbocycles. The first-order valence-corrected chi connectivity index (χ1v) is 19.7. The first-order chi connectivity index (χ1) is 35.1. The molecule has 0 saturated heterocycles. The molecular weight excluding hydrogens is 1330 g/mol. The predicted octanol–water partition coefficient (Wildman–Crippen LogP) is -30.3. The minimum Gasteiger partial charge on any atom is -0.550 e. The van der Waals surface area contributed by atoms with E-state index in [1.165, 1.54) is 0 Å². The summed E-state index contributed by atoms with van der Waals surface area (Å²) in [6.45, 7) is -2.59. The zero-order chi connectivity index (χ0) is 63.7. The van der Waals surface area contributed by atoms with E-state index in [2.05, 4.69) is 0 Å². The number of carbonyl (C=O) groups excluding carboxylic acids is 12. The number of aliphatic hydroxyl groups is 18. The summed E-state index contributed by atoms with van der Waals surface area (Å²) in [4.78, 5) is 120. The van der Waals surface area contributed by atoms with Gasteiger partial charge in [-0.05, 0) is 0 Å². The van der Waals surface area contributed by atoms with Gasteiger partial charge in [0.05, 0.1) is 55.6 Å². The second-order valence-electron chi connectivity index (χ2n) is 14.7. The van der Waals surface area contributed by atoms with Gasteiger partial charge in [0.2, 0.25) is 0 Å². The molecule has 18 N–H and O–H groups in total. The van der Waals surface area contributed by atoms with Crippen LogP contribution in [0.4, 0.5) is 0 Å². The SMILES string of the molecule is O=C([O-])CC(O)(CC(=O)[O-])C(=O)[O-].O=C([O-])CC(O)(CC(=O)[O-])C(=O)[O-].O=C([O-])CC(O)(CC(=O)[O-])C(=O)[O-].O=C([O-])[C@H](O)[C@@H](O)[C@H](O)[C@H](O)CO.O=C([O-])[C@H](O)[C@@H](O)[C@H](O)[C@H](O)CO.O=C([O-])[C@H](O)[C@@H](O)[C@H](O)[C@H](O)CO.[Fe+3].[Fe+3].[Fe+3].[Fe+3]. The van der Waals surface area contributed by atoms with Crippen LogP contribution in [0, 0.1) is 0 Å². The third-order valence-electron chi connectivity index (χ3n) is 8.25. The Balaban J connectivity index is -0.0000000939. The summed E-state index contributed by atoms with van der Waals surface area (Å²) in [5.74, 6) is -23.9. The maximum absolute atomic E-state index is 10.1. The smallest absolute Gasteiger partial charge is 0.550 e. The summed E-state index contributed by atoms with van der Waals surface area (Å²) in [5.41, 5.74) is -8.92. The Bertz CT molecular complexity index is 1700. The third-order valence-corrected chi connectivity index (χ3v) is 8.25. The number of carboxylic acids is 12. The molecule has 42 nitrogen and oxygen atoms in total. The molecule has 0 aliphatic heterocycles. The molecule has 0 rings (SSSR count). The van der Waals surface area contributed by atoms with E-state index in [9.17, 15) is 119 Å². The van der Waals surface area contributed by atoms with Crippen molar-refractivity contribution in [2.75, 3.05) is 19.8 Å². The Hall–Kier alpha value is -5.00.